The number of nitrogens with one attached hydrogen (secondary N) is 1. The first-order valence-corrected chi connectivity index (χ1v) is 8.99. The third-order valence-electron chi connectivity index (χ3n) is 4.44. The molecule has 3 nitrogen and oxygen atoms in total. The van der Waals surface area contributed by atoms with Crippen molar-refractivity contribution in [3.63, 3.8) is 0 Å². The summed E-state index contributed by atoms with van der Waals surface area (Å²) < 4.78 is 0. The highest BCUT2D eigenvalue weighted by Crippen LogP contribution is 2.33. The SMILES string of the molecule is CC1CCCC(C)N1NC(CN)c1ccc(C(C)(C)C)s1. The van der Waals surface area contributed by atoms with E-state index in [4.69, 9.17) is 5.73 Å². The van der Waals surface area contributed by atoms with Crippen LogP contribution in [0.15, 0.2) is 12.1 Å². The van der Waals surface area contributed by atoms with E-state index in [-0.39, 0.29) is 11.5 Å². The summed E-state index contributed by atoms with van der Waals surface area (Å²) in [7, 11) is 0. The second-order valence-electron chi connectivity index (χ2n) is 7.41. The van der Waals surface area contributed by atoms with E-state index in [1.807, 2.05) is 11.3 Å². The van der Waals surface area contributed by atoms with Crippen LogP contribution in [0.2, 0.25) is 0 Å². The van der Waals surface area contributed by atoms with Gasteiger partial charge in [-0.15, -0.1) is 11.3 Å². The molecule has 1 fully saturated rings. The van der Waals surface area contributed by atoms with Crippen LogP contribution in [0.4, 0.5) is 0 Å². The molecule has 120 valence electrons. The summed E-state index contributed by atoms with van der Waals surface area (Å²) in [5, 5.41) is 2.43. The average Bonchev–Trinajstić information content (AvgIpc) is 2.88. The van der Waals surface area contributed by atoms with E-state index in [0.29, 0.717) is 18.6 Å². The van der Waals surface area contributed by atoms with Crippen molar-refractivity contribution in [3.8, 4) is 0 Å². The molecular weight excluding hydrogens is 278 g/mol. The molecule has 0 amide bonds. The topological polar surface area (TPSA) is 41.3 Å². The van der Waals surface area contributed by atoms with Gasteiger partial charge in [0.25, 0.3) is 0 Å². The fourth-order valence-electron chi connectivity index (χ4n) is 3.03. The van der Waals surface area contributed by atoms with Crippen LogP contribution >= 0.6 is 11.3 Å². The molecule has 0 aliphatic carbocycles. The van der Waals surface area contributed by atoms with Crippen molar-refractivity contribution >= 4 is 11.3 Å². The predicted molar refractivity (Wildman–Crippen MR) is 92.6 cm³/mol. The van der Waals surface area contributed by atoms with E-state index in [1.54, 1.807) is 0 Å². The summed E-state index contributed by atoms with van der Waals surface area (Å²) in [6.45, 7) is 12.1. The predicted octanol–water partition coefficient (Wildman–Crippen LogP) is 3.81. The highest BCUT2D eigenvalue weighted by Gasteiger charge is 2.28. The first kappa shape index (κ1) is 16.9. The van der Waals surface area contributed by atoms with E-state index >= 15 is 0 Å². The minimum Gasteiger partial charge on any atom is -0.329 e. The minimum atomic E-state index is 0.216. The molecule has 3 N–H and O–H groups in total. The lowest BCUT2D eigenvalue weighted by atomic mass is 9.95. The maximum atomic E-state index is 6.05. The Morgan fingerprint density at radius 2 is 1.90 bits per heavy atom. The zero-order chi connectivity index (χ0) is 15.6. The third kappa shape index (κ3) is 4.07. The highest BCUT2D eigenvalue weighted by atomic mass is 32.1. The molecule has 2 rings (SSSR count). The van der Waals surface area contributed by atoms with E-state index < -0.39 is 0 Å². The Bertz CT molecular complexity index is 439. The van der Waals surface area contributed by atoms with Crippen molar-refractivity contribution in [1.29, 1.82) is 0 Å². The lowest BCUT2D eigenvalue weighted by Gasteiger charge is -2.41. The molecule has 3 unspecified atom stereocenters. The quantitative estimate of drug-likeness (QED) is 0.888. The van der Waals surface area contributed by atoms with Crippen LogP contribution in [0, 0.1) is 0 Å². The second-order valence-corrected chi connectivity index (χ2v) is 8.52. The molecule has 0 spiro atoms. The minimum absolute atomic E-state index is 0.216. The lowest BCUT2D eigenvalue weighted by molar-refractivity contribution is 0.0310. The molecule has 1 aromatic rings. The fourth-order valence-corrected chi connectivity index (χ4v) is 4.15. The first-order chi connectivity index (χ1) is 9.82. The number of nitrogens with zero attached hydrogens (tertiary/aromatic N) is 1. The summed E-state index contributed by atoms with van der Waals surface area (Å²) in [4.78, 5) is 2.78. The van der Waals surface area contributed by atoms with Gasteiger partial charge in [-0.05, 0) is 44.2 Å². The van der Waals surface area contributed by atoms with Crippen LogP contribution in [0.3, 0.4) is 0 Å². The molecule has 3 atom stereocenters. The van der Waals surface area contributed by atoms with E-state index in [0.717, 1.165) is 0 Å². The molecule has 0 aromatic carbocycles. The largest absolute Gasteiger partial charge is 0.329 e. The smallest absolute Gasteiger partial charge is 0.0680 e. The Morgan fingerprint density at radius 3 is 2.38 bits per heavy atom. The van der Waals surface area contributed by atoms with Crippen molar-refractivity contribution in [2.75, 3.05) is 6.54 Å². The van der Waals surface area contributed by atoms with Crippen molar-refractivity contribution in [1.82, 2.24) is 10.4 Å². The Hall–Kier alpha value is -0.420. The van der Waals surface area contributed by atoms with Crippen LogP contribution in [-0.4, -0.2) is 23.6 Å². The number of hydrogen-bond donors (Lipinski definition) is 2. The summed E-state index contributed by atoms with van der Waals surface area (Å²) in [5.74, 6) is 0. The van der Waals surface area contributed by atoms with E-state index in [1.165, 1.54) is 29.0 Å². The molecule has 1 aliphatic heterocycles. The van der Waals surface area contributed by atoms with Gasteiger partial charge in [0.05, 0.1) is 6.04 Å². The number of rotatable bonds is 4. The van der Waals surface area contributed by atoms with Gasteiger partial charge < -0.3 is 5.73 Å². The van der Waals surface area contributed by atoms with Gasteiger partial charge in [0.1, 0.15) is 0 Å². The van der Waals surface area contributed by atoms with E-state index in [2.05, 4.69) is 57.2 Å². The van der Waals surface area contributed by atoms with Gasteiger partial charge in [0.2, 0.25) is 0 Å². The van der Waals surface area contributed by atoms with Gasteiger partial charge in [-0.1, -0.05) is 27.2 Å². The molecule has 0 radical (unpaired) electrons. The summed E-state index contributed by atoms with van der Waals surface area (Å²) in [6, 6.07) is 5.91. The zero-order valence-corrected chi connectivity index (χ0v) is 15.0. The number of hydrogen-bond acceptors (Lipinski definition) is 4. The Morgan fingerprint density at radius 1 is 1.29 bits per heavy atom. The van der Waals surface area contributed by atoms with Crippen molar-refractivity contribution in [3.05, 3.63) is 21.9 Å². The van der Waals surface area contributed by atoms with Gasteiger partial charge in [-0.25, -0.2) is 10.4 Å². The summed E-state index contributed by atoms with van der Waals surface area (Å²) >= 11 is 1.89. The van der Waals surface area contributed by atoms with Gasteiger partial charge in [-0.3, -0.25) is 0 Å². The normalized spacial score (nSPS) is 26.0. The monoisotopic (exact) mass is 309 g/mol. The van der Waals surface area contributed by atoms with Gasteiger partial charge >= 0.3 is 0 Å². The lowest BCUT2D eigenvalue weighted by Crippen LogP contribution is -2.54. The zero-order valence-electron chi connectivity index (χ0n) is 14.1. The number of hydrazine groups is 1. The molecule has 2 heterocycles. The molecule has 21 heavy (non-hydrogen) atoms. The fraction of sp³-hybridized carbons (Fsp3) is 0.765. The third-order valence-corrected chi connectivity index (χ3v) is 6.07. The molecule has 1 saturated heterocycles. The van der Waals surface area contributed by atoms with Gasteiger partial charge in [-0.2, -0.15) is 0 Å². The van der Waals surface area contributed by atoms with Crippen LogP contribution in [0.1, 0.15) is 69.7 Å². The van der Waals surface area contributed by atoms with Crippen LogP contribution < -0.4 is 11.2 Å². The van der Waals surface area contributed by atoms with Gasteiger partial charge in [0, 0.05) is 28.4 Å². The Kier molecular flexibility index (Phi) is 5.47. The number of thiophene rings is 1. The molecule has 0 bridgehead atoms. The second kappa shape index (κ2) is 6.78. The van der Waals surface area contributed by atoms with E-state index in [9.17, 15) is 0 Å². The average molecular weight is 310 g/mol. The van der Waals surface area contributed by atoms with Crippen LogP contribution in [0.25, 0.3) is 0 Å². The first-order valence-electron chi connectivity index (χ1n) is 8.17. The highest BCUT2D eigenvalue weighted by molar-refractivity contribution is 7.12. The standard InChI is InChI=1S/C17H31N3S/c1-12-7-6-8-13(2)20(12)19-14(11-18)15-9-10-16(21-15)17(3,4)5/h9-10,12-14,19H,6-8,11,18H2,1-5H3. The Labute approximate surface area is 133 Å². The van der Waals surface area contributed by atoms with Crippen molar-refractivity contribution < 1.29 is 0 Å². The number of nitrogens with two attached hydrogens (primary N) is 1. The molecule has 1 aromatic heterocycles. The van der Waals surface area contributed by atoms with Crippen LogP contribution in [-0.2, 0) is 5.41 Å². The maximum absolute atomic E-state index is 6.05. The van der Waals surface area contributed by atoms with Crippen molar-refractivity contribution in [2.45, 2.75) is 77.4 Å². The molecule has 1 aliphatic rings. The summed E-state index contributed by atoms with van der Waals surface area (Å²) in [5.41, 5.74) is 9.97. The van der Waals surface area contributed by atoms with Crippen LogP contribution in [0.5, 0.6) is 0 Å². The molecule has 0 saturated carbocycles. The summed E-state index contributed by atoms with van der Waals surface area (Å²) in [6.07, 6.45) is 3.87. The Balaban J connectivity index is 2.10. The number of piperidine rings is 1. The maximum Gasteiger partial charge on any atom is 0.0680 e. The van der Waals surface area contributed by atoms with Crippen molar-refractivity contribution in [2.24, 2.45) is 5.73 Å². The molecular formula is C17H31N3S. The van der Waals surface area contributed by atoms with Gasteiger partial charge in [0.15, 0.2) is 0 Å². The molecule has 4 heteroatoms.